The lowest BCUT2D eigenvalue weighted by Crippen LogP contribution is -2.30. The molecule has 0 unspecified atom stereocenters. The molecule has 2 N–H and O–H groups in total. The van der Waals surface area contributed by atoms with Gasteiger partial charge in [0.05, 0.1) is 17.9 Å². The molecule has 3 aromatic carbocycles. The molecule has 0 atom stereocenters. The maximum atomic E-state index is 13.6. The van der Waals surface area contributed by atoms with Gasteiger partial charge >= 0.3 is 0 Å². The molecule has 2 amide bonds. The van der Waals surface area contributed by atoms with Crippen LogP contribution in [0.3, 0.4) is 0 Å². The number of carbonyl (C=O) groups excluding carboxylic acids is 2. The van der Waals surface area contributed by atoms with Crippen LogP contribution in [0.2, 0.25) is 0 Å². The summed E-state index contributed by atoms with van der Waals surface area (Å²) >= 11 is 1.59. The summed E-state index contributed by atoms with van der Waals surface area (Å²) in [5, 5.41) is 10.3. The average molecular weight is 503 g/mol. The van der Waals surface area contributed by atoms with Crippen molar-refractivity contribution in [1.82, 2.24) is 4.98 Å². The van der Waals surface area contributed by atoms with Crippen molar-refractivity contribution >= 4 is 46.0 Å². The van der Waals surface area contributed by atoms with Crippen LogP contribution < -0.4 is 15.5 Å². The minimum absolute atomic E-state index is 0.133. The van der Waals surface area contributed by atoms with Crippen molar-refractivity contribution in [3.63, 3.8) is 0 Å². The van der Waals surface area contributed by atoms with E-state index in [1.165, 1.54) is 0 Å². The molecule has 37 heavy (non-hydrogen) atoms. The van der Waals surface area contributed by atoms with E-state index in [1.807, 2.05) is 77.5 Å². The number of hydrogen-bond acceptors (Lipinski definition) is 5. The molecular formula is C30H22N4O2S. The third-order valence-corrected chi connectivity index (χ3v) is 6.99. The van der Waals surface area contributed by atoms with E-state index in [4.69, 9.17) is 0 Å². The van der Waals surface area contributed by atoms with Crippen LogP contribution in [0.25, 0.3) is 11.1 Å². The lowest BCUT2D eigenvalue weighted by atomic mass is 10.0. The molecule has 2 aromatic heterocycles. The maximum Gasteiger partial charge on any atom is 0.258 e. The van der Waals surface area contributed by atoms with Gasteiger partial charge in [0.1, 0.15) is 5.82 Å². The second kappa shape index (κ2) is 9.72. The van der Waals surface area contributed by atoms with Crippen LogP contribution in [0.1, 0.15) is 26.3 Å². The number of benzene rings is 3. The molecule has 1 aliphatic heterocycles. The fourth-order valence-corrected chi connectivity index (χ4v) is 5.11. The second-order valence-electron chi connectivity index (χ2n) is 8.63. The highest BCUT2D eigenvalue weighted by Gasteiger charge is 2.25. The highest BCUT2D eigenvalue weighted by atomic mass is 32.1. The number of nitrogens with one attached hydrogen (secondary N) is 2. The molecule has 6 nitrogen and oxygen atoms in total. The molecule has 7 heteroatoms. The highest BCUT2D eigenvalue weighted by molar-refractivity contribution is 7.08. The van der Waals surface area contributed by atoms with Gasteiger partial charge in [-0.05, 0) is 76.5 Å². The predicted octanol–water partition coefficient (Wildman–Crippen LogP) is 6.97. The zero-order valence-electron chi connectivity index (χ0n) is 19.7. The molecule has 0 saturated carbocycles. The molecule has 1 aliphatic rings. The quantitative estimate of drug-likeness (QED) is 0.278. The van der Waals surface area contributed by atoms with Crippen LogP contribution >= 0.6 is 11.3 Å². The second-order valence-corrected chi connectivity index (χ2v) is 9.41. The van der Waals surface area contributed by atoms with E-state index in [0.29, 0.717) is 23.4 Å². The van der Waals surface area contributed by atoms with Gasteiger partial charge in [-0.3, -0.25) is 9.59 Å². The Morgan fingerprint density at radius 1 is 0.892 bits per heavy atom. The number of hydrogen-bond donors (Lipinski definition) is 2. The van der Waals surface area contributed by atoms with Crippen LogP contribution in [-0.2, 0) is 6.54 Å². The first kappa shape index (κ1) is 22.7. The molecule has 3 heterocycles. The summed E-state index contributed by atoms with van der Waals surface area (Å²) in [5.41, 5.74) is 6.18. The molecule has 0 fully saturated rings. The number of rotatable bonds is 4. The van der Waals surface area contributed by atoms with Gasteiger partial charge in [0.15, 0.2) is 0 Å². The van der Waals surface area contributed by atoms with Crippen molar-refractivity contribution in [2.24, 2.45) is 0 Å². The van der Waals surface area contributed by atoms with Gasteiger partial charge in [-0.1, -0.05) is 36.4 Å². The Balaban J connectivity index is 1.24. The normalized spacial score (nSPS) is 12.1. The molecule has 0 saturated heterocycles. The van der Waals surface area contributed by atoms with Gasteiger partial charge in [-0.15, -0.1) is 0 Å². The standard InChI is InChI=1S/C30H22N4O2S/c35-29(25-8-2-1-7-24(25)22-15-17-37-19-22)32-23-13-11-20(12-14-23)30(36)34-18-21-6-5-16-31-28(21)33-26-9-3-4-10-27(26)34/h1-17,19H,18H2,(H,31,33)(H,32,35). The van der Waals surface area contributed by atoms with Crippen molar-refractivity contribution in [3.8, 4) is 11.1 Å². The first-order valence-corrected chi connectivity index (χ1v) is 12.8. The summed E-state index contributed by atoms with van der Waals surface area (Å²) in [5.74, 6) is 0.412. The Morgan fingerprint density at radius 3 is 2.54 bits per heavy atom. The van der Waals surface area contributed by atoms with Crippen molar-refractivity contribution in [2.45, 2.75) is 6.54 Å². The summed E-state index contributed by atoms with van der Waals surface area (Å²) in [7, 11) is 0. The van der Waals surface area contributed by atoms with Gasteiger partial charge in [0.25, 0.3) is 11.8 Å². The maximum absolute atomic E-state index is 13.6. The fraction of sp³-hybridized carbons (Fsp3) is 0.0333. The van der Waals surface area contributed by atoms with E-state index in [0.717, 1.165) is 33.9 Å². The smallest absolute Gasteiger partial charge is 0.258 e. The third-order valence-electron chi connectivity index (χ3n) is 6.31. The van der Waals surface area contributed by atoms with Crippen LogP contribution in [0.5, 0.6) is 0 Å². The topological polar surface area (TPSA) is 74.3 Å². The number of aromatic nitrogens is 1. The zero-order valence-corrected chi connectivity index (χ0v) is 20.5. The molecule has 0 spiro atoms. The summed E-state index contributed by atoms with van der Waals surface area (Å²) in [6.07, 6.45) is 1.73. The summed E-state index contributed by atoms with van der Waals surface area (Å²) < 4.78 is 0. The van der Waals surface area contributed by atoms with E-state index in [2.05, 4.69) is 15.6 Å². The van der Waals surface area contributed by atoms with Crippen LogP contribution in [-0.4, -0.2) is 16.8 Å². The fourth-order valence-electron chi connectivity index (χ4n) is 4.46. The number of carbonyl (C=O) groups is 2. The Morgan fingerprint density at radius 2 is 1.70 bits per heavy atom. The van der Waals surface area contributed by atoms with Crippen molar-refractivity contribution in [1.29, 1.82) is 0 Å². The molecule has 5 aromatic rings. The van der Waals surface area contributed by atoms with Crippen molar-refractivity contribution in [3.05, 3.63) is 125 Å². The first-order chi connectivity index (χ1) is 18.2. The molecule has 0 bridgehead atoms. The summed E-state index contributed by atoms with van der Waals surface area (Å²) in [6.45, 7) is 0.393. The van der Waals surface area contributed by atoms with Gasteiger partial charge in [0.2, 0.25) is 0 Å². The molecular weight excluding hydrogens is 480 g/mol. The van der Waals surface area contributed by atoms with Gasteiger partial charge in [-0.2, -0.15) is 11.3 Å². The SMILES string of the molecule is O=C(Nc1ccc(C(=O)N2Cc3cccnc3Nc3ccccc32)cc1)c1ccccc1-c1ccsc1. The lowest BCUT2D eigenvalue weighted by Gasteiger charge is -2.23. The van der Waals surface area contributed by atoms with Crippen molar-refractivity contribution < 1.29 is 9.59 Å². The van der Waals surface area contributed by atoms with E-state index >= 15 is 0 Å². The monoisotopic (exact) mass is 502 g/mol. The van der Waals surface area contributed by atoms with E-state index in [1.54, 1.807) is 46.7 Å². The van der Waals surface area contributed by atoms with Gasteiger partial charge in [0, 0.05) is 28.6 Å². The third kappa shape index (κ3) is 4.48. The molecule has 180 valence electrons. The van der Waals surface area contributed by atoms with E-state index in [-0.39, 0.29) is 11.8 Å². The Kier molecular flexibility index (Phi) is 5.96. The van der Waals surface area contributed by atoms with E-state index < -0.39 is 0 Å². The number of nitrogens with zero attached hydrogens (tertiary/aromatic N) is 2. The molecule has 0 aliphatic carbocycles. The Hall–Kier alpha value is -4.75. The van der Waals surface area contributed by atoms with Gasteiger partial charge < -0.3 is 15.5 Å². The molecule has 0 radical (unpaired) electrons. The van der Waals surface area contributed by atoms with Crippen molar-refractivity contribution in [2.75, 3.05) is 15.5 Å². The Labute approximate surface area is 218 Å². The number of para-hydroxylation sites is 2. The largest absolute Gasteiger partial charge is 0.338 e. The van der Waals surface area contributed by atoms with Gasteiger partial charge in [-0.25, -0.2) is 4.98 Å². The van der Waals surface area contributed by atoms with Crippen LogP contribution in [0.15, 0.2) is 108 Å². The summed E-state index contributed by atoms with van der Waals surface area (Å²) in [6, 6.07) is 28.1. The minimum atomic E-state index is -0.197. The zero-order chi connectivity index (χ0) is 25.2. The highest BCUT2D eigenvalue weighted by Crippen LogP contribution is 2.35. The predicted molar refractivity (Wildman–Crippen MR) is 149 cm³/mol. The summed E-state index contributed by atoms with van der Waals surface area (Å²) in [4.78, 5) is 32.9. The first-order valence-electron chi connectivity index (χ1n) is 11.8. The number of fused-ring (bicyclic) bond motifs is 2. The Bertz CT molecular complexity index is 1600. The van der Waals surface area contributed by atoms with E-state index in [9.17, 15) is 9.59 Å². The minimum Gasteiger partial charge on any atom is -0.338 e. The molecule has 6 rings (SSSR count). The van der Waals surface area contributed by atoms with Crippen LogP contribution in [0.4, 0.5) is 22.9 Å². The number of thiophene rings is 1. The number of amides is 2. The lowest BCUT2D eigenvalue weighted by molar-refractivity contribution is 0.0984. The number of pyridine rings is 1. The van der Waals surface area contributed by atoms with Crippen LogP contribution in [0, 0.1) is 0 Å². The number of anilines is 4. The average Bonchev–Trinajstić information content (AvgIpc) is 3.42.